The summed E-state index contributed by atoms with van der Waals surface area (Å²) in [5.41, 5.74) is 0.881. The predicted molar refractivity (Wildman–Crippen MR) is 85.2 cm³/mol. The number of halogens is 1. The fraction of sp³-hybridized carbons (Fsp3) is 0.500. The number of nitrogens with one attached hydrogen (secondary N) is 1. The molecule has 116 valence electrons. The molecule has 1 N–H and O–H groups in total. The van der Waals surface area contributed by atoms with Crippen molar-refractivity contribution in [2.45, 2.75) is 39.2 Å². The molecule has 1 atom stereocenters. The maximum absolute atomic E-state index is 12.2. The highest BCUT2D eigenvalue weighted by Crippen LogP contribution is 2.20. The van der Waals surface area contributed by atoms with Crippen LogP contribution in [-0.2, 0) is 9.59 Å². The van der Waals surface area contributed by atoms with Gasteiger partial charge in [0.2, 0.25) is 11.8 Å². The molecule has 0 heterocycles. The van der Waals surface area contributed by atoms with E-state index in [-0.39, 0.29) is 24.3 Å². The Morgan fingerprint density at radius 2 is 1.90 bits per heavy atom. The predicted octanol–water partition coefficient (Wildman–Crippen LogP) is 3.17. The highest BCUT2D eigenvalue weighted by molar-refractivity contribution is 6.30. The fourth-order valence-corrected chi connectivity index (χ4v) is 2.17. The molecule has 1 rings (SSSR count). The van der Waals surface area contributed by atoms with Crippen molar-refractivity contribution in [2.75, 3.05) is 13.6 Å². The second kappa shape index (κ2) is 8.67. The summed E-state index contributed by atoms with van der Waals surface area (Å²) < 4.78 is 0. The Morgan fingerprint density at radius 3 is 2.43 bits per heavy atom. The molecule has 0 bridgehead atoms. The van der Waals surface area contributed by atoms with Gasteiger partial charge in [-0.1, -0.05) is 37.1 Å². The lowest BCUT2D eigenvalue weighted by Crippen LogP contribution is -2.34. The molecule has 21 heavy (non-hydrogen) atoms. The van der Waals surface area contributed by atoms with E-state index in [1.165, 1.54) is 6.92 Å². The first-order valence-corrected chi connectivity index (χ1v) is 7.58. The number of benzene rings is 1. The Bertz CT molecular complexity index is 474. The zero-order chi connectivity index (χ0) is 15.8. The average Bonchev–Trinajstić information content (AvgIpc) is 2.44. The zero-order valence-corrected chi connectivity index (χ0v) is 13.6. The van der Waals surface area contributed by atoms with Gasteiger partial charge in [-0.15, -0.1) is 0 Å². The molecule has 4 nitrogen and oxygen atoms in total. The van der Waals surface area contributed by atoms with Gasteiger partial charge in [0.25, 0.3) is 0 Å². The summed E-state index contributed by atoms with van der Waals surface area (Å²) in [5.74, 6) is -0.129. The van der Waals surface area contributed by atoms with Crippen molar-refractivity contribution < 1.29 is 9.59 Å². The van der Waals surface area contributed by atoms with Crippen molar-refractivity contribution in [3.63, 3.8) is 0 Å². The van der Waals surface area contributed by atoms with Gasteiger partial charge in [0.15, 0.2) is 0 Å². The minimum Gasteiger partial charge on any atom is -0.349 e. The molecule has 2 amide bonds. The SMILES string of the molecule is CCCCN(C)C(=O)CC(NC(C)=O)c1ccc(Cl)cc1. The van der Waals surface area contributed by atoms with E-state index in [0.29, 0.717) is 5.02 Å². The molecule has 0 aliphatic heterocycles. The second-order valence-electron chi connectivity index (χ2n) is 5.18. The third-order valence-corrected chi connectivity index (χ3v) is 3.55. The molecule has 1 aromatic rings. The smallest absolute Gasteiger partial charge is 0.224 e. The Hall–Kier alpha value is -1.55. The molecule has 1 unspecified atom stereocenters. The summed E-state index contributed by atoms with van der Waals surface area (Å²) in [6.07, 6.45) is 2.28. The zero-order valence-electron chi connectivity index (χ0n) is 12.9. The van der Waals surface area contributed by atoms with Gasteiger partial charge in [-0.3, -0.25) is 9.59 Å². The molecule has 0 spiro atoms. The summed E-state index contributed by atoms with van der Waals surface area (Å²) >= 11 is 5.87. The third kappa shape index (κ3) is 6.17. The van der Waals surface area contributed by atoms with Crippen LogP contribution in [0.25, 0.3) is 0 Å². The van der Waals surface area contributed by atoms with Crippen LogP contribution in [-0.4, -0.2) is 30.3 Å². The summed E-state index contributed by atoms with van der Waals surface area (Å²) in [5, 5.41) is 3.46. The molecule has 0 aliphatic carbocycles. The number of unbranched alkanes of at least 4 members (excludes halogenated alkanes) is 1. The van der Waals surface area contributed by atoms with E-state index in [2.05, 4.69) is 12.2 Å². The van der Waals surface area contributed by atoms with E-state index in [1.807, 2.05) is 12.1 Å². The minimum absolute atomic E-state index is 0.0251. The minimum atomic E-state index is -0.323. The van der Waals surface area contributed by atoms with Gasteiger partial charge < -0.3 is 10.2 Å². The van der Waals surface area contributed by atoms with Crippen LogP contribution in [0.15, 0.2) is 24.3 Å². The molecule has 0 saturated carbocycles. The number of carbonyl (C=O) groups is 2. The van der Waals surface area contributed by atoms with Crippen molar-refractivity contribution >= 4 is 23.4 Å². The van der Waals surface area contributed by atoms with Crippen LogP contribution in [0.5, 0.6) is 0 Å². The van der Waals surface area contributed by atoms with Crippen molar-refractivity contribution in [1.82, 2.24) is 10.2 Å². The number of nitrogens with zero attached hydrogens (tertiary/aromatic N) is 1. The summed E-state index contributed by atoms with van der Waals surface area (Å²) in [7, 11) is 1.80. The van der Waals surface area contributed by atoms with Crippen molar-refractivity contribution in [1.29, 1.82) is 0 Å². The fourth-order valence-electron chi connectivity index (χ4n) is 2.04. The number of carbonyl (C=O) groups excluding carboxylic acids is 2. The first kappa shape index (κ1) is 17.5. The van der Waals surface area contributed by atoms with Crippen LogP contribution in [0.3, 0.4) is 0 Å². The van der Waals surface area contributed by atoms with E-state index < -0.39 is 0 Å². The van der Waals surface area contributed by atoms with Crippen molar-refractivity contribution in [3.05, 3.63) is 34.9 Å². The quantitative estimate of drug-likeness (QED) is 0.841. The number of rotatable bonds is 7. The van der Waals surface area contributed by atoms with E-state index in [1.54, 1.807) is 24.1 Å². The summed E-state index contributed by atoms with van der Waals surface area (Å²) in [6, 6.07) is 6.87. The van der Waals surface area contributed by atoms with E-state index >= 15 is 0 Å². The van der Waals surface area contributed by atoms with Gasteiger partial charge in [0.1, 0.15) is 0 Å². The Labute approximate surface area is 131 Å². The normalized spacial score (nSPS) is 11.8. The Balaban J connectivity index is 2.76. The average molecular weight is 311 g/mol. The Kier molecular flexibility index (Phi) is 7.23. The molecule has 1 aromatic carbocycles. The molecular weight excluding hydrogens is 288 g/mol. The Morgan fingerprint density at radius 1 is 1.29 bits per heavy atom. The van der Waals surface area contributed by atoms with Crippen LogP contribution >= 0.6 is 11.6 Å². The lowest BCUT2D eigenvalue weighted by atomic mass is 10.0. The highest BCUT2D eigenvalue weighted by atomic mass is 35.5. The van der Waals surface area contributed by atoms with Crippen LogP contribution in [0.4, 0.5) is 0 Å². The summed E-state index contributed by atoms with van der Waals surface area (Å²) in [6.45, 7) is 4.28. The van der Waals surface area contributed by atoms with Gasteiger partial charge in [-0.2, -0.15) is 0 Å². The van der Waals surface area contributed by atoms with Gasteiger partial charge in [-0.25, -0.2) is 0 Å². The van der Waals surface area contributed by atoms with Gasteiger partial charge in [-0.05, 0) is 24.1 Å². The summed E-state index contributed by atoms with van der Waals surface area (Å²) in [4.78, 5) is 25.3. The van der Waals surface area contributed by atoms with E-state index in [9.17, 15) is 9.59 Å². The topological polar surface area (TPSA) is 49.4 Å². The number of hydrogen-bond donors (Lipinski definition) is 1. The molecule has 0 aliphatic rings. The molecule has 5 heteroatoms. The van der Waals surface area contributed by atoms with E-state index in [0.717, 1.165) is 24.9 Å². The van der Waals surface area contributed by atoms with Gasteiger partial charge in [0.05, 0.1) is 12.5 Å². The van der Waals surface area contributed by atoms with E-state index in [4.69, 9.17) is 11.6 Å². The molecule has 0 aromatic heterocycles. The van der Waals surface area contributed by atoms with Crippen molar-refractivity contribution in [3.8, 4) is 0 Å². The molecule has 0 saturated heterocycles. The third-order valence-electron chi connectivity index (χ3n) is 3.30. The lowest BCUT2D eigenvalue weighted by molar-refractivity contribution is -0.130. The van der Waals surface area contributed by atoms with Crippen LogP contribution in [0.2, 0.25) is 5.02 Å². The monoisotopic (exact) mass is 310 g/mol. The van der Waals surface area contributed by atoms with Gasteiger partial charge in [0, 0.05) is 25.5 Å². The van der Waals surface area contributed by atoms with Gasteiger partial charge >= 0.3 is 0 Å². The first-order chi connectivity index (χ1) is 9.93. The maximum atomic E-state index is 12.2. The largest absolute Gasteiger partial charge is 0.349 e. The molecular formula is C16H23ClN2O2. The number of hydrogen-bond acceptors (Lipinski definition) is 2. The first-order valence-electron chi connectivity index (χ1n) is 7.20. The van der Waals surface area contributed by atoms with Crippen molar-refractivity contribution in [2.24, 2.45) is 0 Å². The lowest BCUT2D eigenvalue weighted by Gasteiger charge is -2.22. The second-order valence-corrected chi connectivity index (χ2v) is 5.61. The standard InChI is InChI=1S/C16H23ClN2O2/c1-4-5-10-19(3)16(21)11-15(18-12(2)20)13-6-8-14(17)9-7-13/h6-9,15H,4-5,10-11H2,1-3H3,(H,18,20). The molecule has 0 radical (unpaired) electrons. The van der Waals surface area contributed by atoms with Crippen LogP contribution in [0, 0.1) is 0 Å². The maximum Gasteiger partial charge on any atom is 0.224 e. The highest BCUT2D eigenvalue weighted by Gasteiger charge is 2.19. The number of amides is 2. The molecule has 0 fully saturated rings. The van der Waals surface area contributed by atoms with Crippen LogP contribution < -0.4 is 5.32 Å². The van der Waals surface area contributed by atoms with Crippen LogP contribution in [0.1, 0.15) is 44.7 Å².